The average Bonchev–Trinajstić information content (AvgIpc) is 3.39. The highest BCUT2D eigenvalue weighted by Gasteiger charge is 2.37. The molecule has 0 aliphatic heterocycles. The second kappa shape index (κ2) is 9.64. The molecule has 2 aromatic heterocycles. The molecule has 7 nitrogen and oxygen atoms in total. The van der Waals surface area contributed by atoms with E-state index in [0.29, 0.717) is 22.2 Å². The summed E-state index contributed by atoms with van der Waals surface area (Å²) >= 11 is 0.938. The minimum atomic E-state index is -4.43. The van der Waals surface area contributed by atoms with Crippen LogP contribution in [0.1, 0.15) is 16.8 Å². The third-order valence-corrected chi connectivity index (χ3v) is 6.70. The van der Waals surface area contributed by atoms with E-state index in [0.717, 1.165) is 23.5 Å². The highest BCUT2D eigenvalue weighted by Crippen LogP contribution is 2.41. The maximum absolute atomic E-state index is 14.5. The summed E-state index contributed by atoms with van der Waals surface area (Å²) in [6.07, 6.45) is -4.18. The molecule has 0 bridgehead atoms. The van der Waals surface area contributed by atoms with E-state index in [1.165, 1.54) is 16.7 Å². The summed E-state index contributed by atoms with van der Waals surface area (Å²) in [7, 11) is 1.55. The molecule has 36 heavy (non-hydrogen) atoms. The van der Waals surface area contributed by atoms with Crippen molar-refractivity contribution < 1.29 is 27.1 Å². The van der Waals surface area contributed by atoms with Gasteiger partial charge in [0.2, 0.25) is 0 Å². The number of imidazole rings is 1. The molecular weight excluding hydrogens is 505 g/mol. The average molecular weight is 528 g/mol. The fourth-order valence-electron chi connectivity index (χ4n) is 3.70. The number of aryl methyl sites for hydroxylation is 1. The Morgan fingerprint density at radius 1 is 1.17 bits per heavy atom. The molecule has 0 radical (unpaired) electrons. The minimum absolute atomic E-state index is 0.114. The van der Waals surface area contributed by atoms with Crippen LogP contribution < -0.4 is 16.7 Å². The molecule has 1 atom stereocenters. The van der Waals surface area contributed by atoms with Gasteiger partial charge in [-0.25, -0.2) is 9.78 Å². The fraction of sp³-hybridized carbons (Fsp3) is 0.304. The van der Waals surface area contributed by atoms with Gasteiger partial charge in [0, 0.05) is 19.6 Å². The van der Waals surface area contributed by atoms with Crippen LogP contribution >= 0.6 is 11.3 Å². The standard InChI is InChI=1S/C23H22F5N5O2S/c1-33-17-9-13(4-7-16(17)31-21(33)35)18-19(22(24,25)11-34)32-20(36-18)30-10-15(29)8-12-2-5-14(6-3-12)23(26,27)28/h2-7,9,15,34H,8,10-11,29H2,1H3,(H,30,32)(H,31,35)/t15-/m1/s1. The lowest BCUT2D eigenvalue weighted by atomic mass is 10.0. The quantitative estimate of drug-likeness (QED) is 0.258. The van der Waals surface area contributed by atoms with E-state index in [9.17, 15) is 31.9 Å². The number of alkyl halides is 5. The Kier molecular flexibility index (Phi) is 6.90. The Balaban J connectivity index is 1.54. The van der Waals surface area contributed by atoms with E-state index in [1.54, 1.807) is 25.2 Å². The summed E-state index contributed by atoms with van der Waals surface area (Å²) in [4.78, 5) is 18.6. The number of H-pyrrole nitrogens is 1. The van der Waals surface area contributed by atoms with Gasteiger partial charge in [0.25, 0.3) is 0 Å². The van der Waals surface area contributed by atoms with Crippen molar-refractivity contribution in [2.24, 2.45) is 12.8 Å². The Morgan fingerprint density at radius 3 is 2.50 bits per heavy atom. The van der Waals surface area contributed by atoms with Crippen molar-refractivity contribution in [2.45, 2.75) is 24.6 Å². The van der Waals surface area contributed by atoms with Crippen LogP contribution in [0.4, 0.5) is 27.1 Å². The molecule has 0 unspecified atom stereocenters. The van der Waals surface area contributed by atoms with E-state index >= 15 is 0 Å². The zero-order valence-electron chi connectivity index (χ0n) is 18.9. The van der Waals surface area contributed by atoms with Gasteiger partial charge in [-0.15, -0.1) is 0 Å². The molecule has 0 amide bonds. The fourth-order valence-corrected chi connectivity index (χ4v) is 4.72. The normalized spacial score (nSPS) is 13.3. The Labute approximate surface area is 205 Å². The van der Waals surface area contributed by atoms with Gasteiger partial charge in [-0.3, -0.25) is 4.57 Å². The molecule has 13 heteroatoms. The molecule has 0 aliphatic rings. The third-order valence-electron chi connectivity index (χ3n) is 5.63. The Morgan fingerprint density at radius 2 is 1.86 bits per heavy atom. The van der Waals surface area contributed by atoms with Gasteiger partial charge in [-0.2, -0.15) is 22.0 Å². The molecule has 0 aliphatic carbocycles. The molecular formula is C23H22F5N5O2S. The van der Waals surface area contributed by atoms with Gasteiger partial charge >= 0.3 is 17.8 Å². The molecule has 0 fully saturated rings. The largest absolute Gasteiger partial charge is 0.416 e. The van der Waals surface area contributed by atoms with Crippen LogP contribution in [-0.4, -0.2) is 38.8 Å². The second-order valence-electron chi connectivity index (χ2n) is 8.32. The van der Waals surface area contributed by atoms with E-state index in [2.05, 4.69) is 15.3 Å². The highest BCUT2D eigenvalue weighted by atomic mass is 32.1. The number of aliphatic hydroxyl groups excluding tert-OH is 1. The number of aromatic amines is 1. The summed E-state index contributed by atoms with van der Waals surface area (Å²) in [5, 5.41) is 12.3. The SMILES string of the molecule is Cn1c(=O)[nH]c2ccc(-c3sc(NC[C@H](N)Cc4ccc(C(F)(F)F)cc4)nc3C(F)(F)CO)cc21. The molecule has 2 aromatic carbocycles. The number of halogens is 5. The number of rotatable bonds is 8. The van der Waals surface area contributed by atoms with E-state index in [1.807, 2.05) is 0 Å². The van der Waals surface area contributed by atoms with E-state index in [-0.39, 0.29) is 28.7 Å². The van der Waals surface area contributed by atoms with Gasteiger partial charge in [0.05, 0.1) is 21.5 Å². The Hall–Kier alpha value is -3.29. The first-order valence-electron chi connectivity index (χ1n) is 10.7. The summed E-state index contributed by atoms with van der Waals surface area (Å²) in [6.45, 7) is -1.33. The van der Waals surface area contributed by atoms with Gasteiger partial charge in [-0.1, -0.05) is 29.5 Å². The van der Waals surface area contributed by atoms with E-state index in [4.69, 9.17) is 5.73 Å². The van der Waals surface area contributed by atoms with Crippen LogP contribution in [0.3, 0.4) is 0 Å². The van der Waals surface area contributed by atoms with Crippen LogP contribution in [0, 0.1) is 0 Å². The predicted molar refractivity (Wildman–Crippen MR) is 127 cm³/mol. The van der Waals surface area contributed by atoms with Gasteiger partial charge < -0.3 is 21.1 Å². The summed E-state index contributed by atoms with van der Waals surface area (Å²) < 4.78 is 68.6. The number of thiazole rings is 1. The number of nitrogens with one attached hydrogen (secondary N) is 2. The topological polar surface area (TPSA) is 109 Å². The highest BCUT2D eigenvalue weighted by molar-refractivity contribution is 7.19. The lowest BCUT2D eigenvalue weighted by Crippen LogP contribution is -2.31. The van der Waals surface area contributed by atoms with Crippen molar-refractivity contribution in [3.05, 3.63) is 69.8 Å². The second-order valence-corrected chi connectivity index (χ2v) is 9.32. The lowest BCUT2D eigenvalue weighted by Gasteiger charge is -2.13. The maximum Gasteiger partial charge on any atom is 0.416 e. The molecule has 0 spiro atoms. The zero-order chi connectivity index (χ0) is 26.3. The molecule has 0 saturated carbocycles. The monoisotopic (exact) mass is 527 g/mol. The molecule has 2 heterocycles. The number of hydrogen-bond donors (Lipinski definition) is 4. The number of hydrogen-bond acceptors (Lipinski definition) is 6. The van der Waals surface area contributed by atoms with Gasteiger partial charge in [0.1, 0.15) is 12.3 Å². The molecule has 4 rings (SSSR count). The predicted octanol–water partition coefficient (Wildman–Crippen LogP) is 4.07. The number of fused-ring (bicyclic) bond motifs is 1. The number of nitrogens with zero attached hydrogens (tertiary/aromatic N) is 2. The first-order chi connectivity index (χ1) is 16.9. The van der Waals surface area contributed by atoms with E-state index < -0.39 is 36.0 Å². The molecule has 0 saturated heterocycles. The number of nitrogens with two attached hydrogens (primary N) is 1. The molecule has 5 N–H and O–H groups in total. The van der Waals surface area contributed by atoms with Crippen LogP contribution in [0.2, 0.25) is 0 Å². The molecule has 192 valence electrons. The summed E-state index contributed by atoms with van der Waals surface area (Å²) in [5.74, 6) is -3.62. The van der Waals surface area contributed by atoms with Crippen molar-refractivity contribution in [1.29, 1.82) is 0 Å². The van der Waals surface area contributed by atoms with Crippen molar-refractivity contribution in [2.75, 3.05) is 18.5 Å². The first kappa shape index (κ1) is 25.8. The lowest BCUT2D eigenvalue weighted by molar-refractivity contribution is -0.137. The van der Waals surface area contributed by atoms with Gasteiger partial charge in [0.15, 0.2) is 5.13 Å². The van der Waals surface area contributed by atoms with Crippen LogP contribution in [0.15, 0.2) is 47.3 Å². The van der Waals surface area contributed by atoms with Crippen molar-refractivity contribution in [3.63, 3.8) is 0 Å². The third kappa shape index (κ3) is 5.27. The Bertz CT molecular complexity index is 1430. The maximum atomic E-state index is 14.5. The van der Waals surface area contributed by atoms with Crippen LogP contribution in [0.5, 0.6) is 0 Å². The number of anilines is 1. The smallest absolute Gasteiger partial charge is 0.390 e. The minimum Gasteiger partial charge on any atom is -0.390 e. The van der Waals surface area contributed by atoms with Crippen molar-refractivity contribution >= 4 is 27.5 Å². The zero-order valence-corrected chi connectivity index (χ0v) is 19.7. The number of aromatic nitrogens is 3. The van der Waals surface area contributed by atoms with Crippen LogP contribution in [-0.2, 0) is 25.6 Å². The van der Waals surface area contributed by atoms with Gasteiger partial charge in [-0.05, 0) is 41.8 Å². The summed E-state index contributed by atoms with van der Waals surface area (Å²) in [5.41, 5.74) is 6.40. The summed E-state index contributed by atoms with van der Waals surface area (Å²) in [6, 6.07) is 8.84. The number of benzene rings is 2. The first-order valence-corrected chi connectivity index (χ1v) is 11.6. The molecule has 4 aromatic rings. The number of aliphatic hydroxyl groups is 1. The van der Waals surface area contributed by atoms with Crippen molar-refractivity contribution in [1.82, 2.24) is 14.5 Å². The van der Waals surface area contributed by atoms with Crippen molar-refractivity contribution in [3.8, 4) is 10.4 Å². The van der Waals surface area contributed by atoms with Crippen LogP contribution in [0.25, 0.3) is 21.5 Å².